The second-order valence-corrected chi connectivity index (χ2v) is 4.55. The van der Waals surface area contributed by atoms with Crippen molar-refractivity contribution >= 4 is 5.69 Å². The molecule has 98 valence electrons. The lowest BCUT2D eigenvalue weighted by Gasteiger charge is -2.08. The van der Waals surface area contributed by atoms with Gasteiger partial charge in [-0.1, -0.05) is 0 Å². The molecule has 2 aromatic carbocycles. The number of halogens is 2. The fraction of sp³-hybridized carbons (Fsp3) is 0.200. The summed E-state index contributed by atoms with van der Waals surface area (Å²) >= 11 is 0. The van der Waals surface area contributed by atoms with Gasteiger partial charge in [0.15, 0.2) is 0 Å². The van der Waals surface area contributed by atoms with Crippen molar-refractivity contribution in [2.75, 3.05) is 11.9 Å². The van der Waals surface area contributed by atoms with Crippen LogP contribution in [0, 0.1) is 11.6 Å². The monoisotopic (exact) mass is 261 g/mol. The highest BCUT2D eigenvalue weighted by Crippen LogP contribution is 2.28. The molecule has 0 bridgehead atoms. The summed E-state index contributed by atoms with van der Waals surface area (Å²) in [6, 6.07) is 9.35. The zero-order chi connectivity index (χ0) is 13.2. The Morgan fingerprint density at radius 3 is 2.63 bits per heavy atom. The van der Waals surface area contributed by atoms with E-state index in [-0.39, 0.29) is 0 Å². The number of hydrogen-bond acceptors (Lipinski definition) is 2. The normalized spacial score (nSPS) is 12.9. The molecular weight excluding hydrogens is 248 g/mol. The highest BCUT2D eigenvalue weighted by atomic mass is 19.1. The first-order valence-electron chi connectivity index (χ1n) is 6.15. The van der Waals surface area contributed by atoms with Crippen LogP contribution in [-0.2, 0) is 13.0 Å². The van der Waals surface area contributed by atoms with E-state index in [0.29, 0.717) is 18.7 Å². The average molecular weight is 261 g/mol. The molecule has 0 aromatic heterocycles. The van der Waals surface area contributed by atoms with Crippen molar-refractivity contribution < 1.29 is 13.5 Å². The third-order valence-electron chi connectivity index (χ3n) is 3.11. The molecule has 0 radical (unpaired) electrons. The van der Waals surface area contributed by atoms with Gasteiger partial charge in [0.05, 0.1) is 6.61 Å². The molecule has 2 nitrogen and oxygen atoms in total. The number of anilines is 1. The van der Waals surface area contributed by atoms with Gasteiger partial charge in [0.25, 0.3) is 0 Å². The molecule has 3 rings (SSSR count). The molecule has 0 atom stereocenters. The van der Waals surface area contributed by atoms with E-state index in [2.05, 4.69) is 5.32 Å². The maximum absolute atomic E-state index is 13.0. The molecule has 0 fully saturated rings. The predicted molar refractivity (Wildman–Crippen MR) is 69.3 cm³/mol. The summed E-state index contributed by atoms with van der Waals surface area (Å²) in [5.74, 6) is -0.194. The summed E-state index contributed by atoms with van der Waals surface area (Å²) < 4.78 is 31.5. The zero-order valence-corrected chi connectivity index (χ0v) is 10.2. The van der Waals surface area contributed by atoms with Crippen LogP contribution in [0.25, 0.3) is 0 Å². The Bertz CT molecular complexity index is 593. The van der Waals surface area contributed by atoms with Crippen LogP contribution in [0.3, 0.4) is 0 Å². The molecule has 1 aliphatic rings. The van der Waals surface area contributed by atoms with E-state index in [4.69, 9.17) is 4.74 Å². The Labute approximate surface area is 110 Å². The van der Waals surface area contributed by atoms with Gasteiger partial charge < -0.3 is 10.1 Å². The minimum Gasteiger partial charge on any atom is -0.493 e. The molecule has 0 saturated heterocycles. The van der Waals surface area contributed by atoms with Gasteiger partial charge >= 0.3 is 0 Å². The van der Waals surface area contributed by atoms with E-state index in [0.717, 1.165) is 29.5 Å². The Balaban J connectivity index is 1.72. The summed E-state index contributed by atoms with van der Waals surface area (Å²) in [4.78, 5) is 0. The van der Waals surface area contributed by atoms with Gasteiger partial charge in [0.1, 0.15) is 17.4 Å². The number of rotatable bonds is 3. The highest BCUT2D eigenvalue weighted by Gasteiger charge is 2.11. The quantitative estimate of drug-likeness (QED) is 0.912. The Morgan fingerprint density at radius 2 is 1.84 bits per heavy atom. The summed E-state index contributed by atoms with van der Waals surface area (Å²) in [6.07, 6.45) is 0.902. The highest BCUT2D eigenvalue weighted by molar-refractivity contribution is 5.52. The van der Waals surface area contributed by atoms with Gasteiger partial charge in [-0.25, -0.2) is 8.78 Å². The van der Waals surface area contributed by atoms with Crippen molar-refractivity contribution in [1.82, 2.24) is 0 Å². The molecule has 1 heterocycles. The van der Waals surface area contributed by atoms with Crippen molar-refractivity contribution in [2.24, 2.45) is 0 Å². The summed E-state index contributed by atoms with van der Waals surface area (Å²) in [5.41, 5.74) is 2.67. The minimum absolute atomic E-state index is 0.383. The van der Waals surface area contributed by atoms with Gasteiger partial charge in [0, 0.05) is 24.7 Å². The standard InChI is InChI=1S/C15H13F2NO/c16-12-5-10(6-13(17)8-12)9-18-14-1-2-15-11(7-14)3-4-19-15/h1-2,5-8,18H,3-4,9H2. The topological polar surface area (TPSA) is 21.3 Å². The van der Waals surface area contributed by atoms with Crippen molar-refractivity contribution in [1.29, 1.82) is 0 Å². The predicted octanol–water partition coefficient (Wildman–Crippen LogP) is 3.51. The molecular formula is C15H13F2NO. The first kappa shape index (κ1) is 12.0. The van der Waals surface area contributed by atoms with Crippen molar-refractivity contribution in [3.63, 3.8) is 0 Å². The van der Waals surface area contributed by atoms with Crippen LogP contribution in [0.2, 0.25) is 0 Å². The van der Waals surface area contributed by atoms with E-state index in [9.17, 15) is 8.78 Å². The molecule has 1 N–H and O–H groups in total. The van der Waals surface area contributed by atoms with Crippen molar-refractivity contribution in [2.45, 2.75) is 13.0 Å². The first-order valence-corrected chi connectivity index (χ1v) is 6.15. The fourth-order valence-corrected chi connectivity index (χ4v) is 2.21. The van der Waals surface area contributed by atoms with Crippen molar-refractivity contribution in [3.8, 4) is 5.75 Å². The van der Waals surface area contributed by atoms with E-state index in [1.54, 1.807) is 0 Å². The van der Waals surface area contributed by atoms with E-state index in [1.807, 2.05) is 18.2 Å². The third-order valence-corrected chi connectivity index (χ3v) is 3.11. The number of hydrogen-bond donors (Lipinski definition) is 1. The lowest BCUT2D eigenvalue weighted by atomic mass is 10.1. The molecule has 4 heteroatoms. The van der Waals surface area contributed by atoms with E-state index < -0.39 is 11.6 Å². The molecule has 2 aromatic rings. The molecule has 0 amide bonds. The van der Waals surface area contributed by atoms with Gasteiger partial charge in [-0.3, -0.25) is 0 Å². The van der Waals surface area contributed by atoms with Crippen LogP contribution in [0.1, 0.15) is 11.1 Å². The first-order chi connectivity index (χ1) is 9.20. The number of nitrogens with one attached hydrogen (secondary N) is 1. The lowest BCUT2D eigenvalue weighted by Crippen LogP contribution is -2.00. The molecule has 0 unspecified atom stereocenters. The second-order valence-electron chi connectivity index (χ2n) is 4.55. The van der Waals surface area contributed by atoms with E-state index in [1.165, 1.54) is 12.1 Å². The lowest BCUT2D eigenvalue weighted by molar-refractivity contribution is 0.357. The van der Waals surface area contributed by atoms with Gasteiger partial charge in [-0.2, -0.15) is 0 Å². The SMILES string of the molecule is Fc1cc(F)cc(CNc2ccc3c(c2)CCO3)c1. The smallest absolute Gasteiger partial charge is 0.126 e. The summed E-state index contributed by atoms with van der Waals surface area (Å²) in [5, 5.41) is 3.16. The van der Waals surface area contributed by atoms with Crippen molar-refractivity contribution in [3.05, 3.63) is 59.2 Å². The molecule has 0 aliphatic carbocycles. The van der Waals surface area contributed by atoms with E-state index >= 15 is 0 Å². The maximum atomic E-state index is 13.0. The van der Waals surface area contributed by atoms with Gasteiger partial charge in [0.2, 0.25) is 0 Å². The maximum Gasteiger partial charge on any atom is 0.126 e. The van der Waals surface area contributed by atoms with Crippen LogP contribution in [0.4, 0.5) is 14.5 Å². The zero-order valence-electron chi connectivity index (χ0n) is 10.2. The Kier molecular flexibility index (Phi) is 3.07. The van der Waals surface area contributed by atoms with Gasteiger partial charge in [-0.15, -0.1) is 0 Å². The largest absolute Gasteiger partial charge is 0.493 e. The minimum atomic E-state index is -0.556. The number of ether oxygens (including phenoxy) is 1. The summed E-state index contributed by atoms with van der Waals surface area (Å²) in [6.45, 7) is 1.10. The van der Waals surface area contributed by atoms with Crippen LogP contribution in [0.15, 0.2) is 36.4 Å². The van der Waals surface area contributed by atoms with Crippen LogP contribution >= 0.6 is 0 Å². The third kappa shape index (κ3) is 2.67. The second kappa shape index (κ2) is 4.88. The molecule has 0 saturated carbocycles. The van der Waals surface area contributed by atoms with Crippen LogP contribution in [0.5, 0.6) is 5.75 Å². The van der Waals surface area contributed by atoms with Crippen LogP contribution in [-0.4, -0.2) is 6.61 Å². The van der Waals surface area contributed by atoms with Crippen LogP contribution < -0.4 is 10.1 Å². The number of fused-ring (bicyclic) bond motifs is 1. The Morgan fingerprint density at radius 1 is 1.05 bits per heavy atom. The average Bonchev–Trinajstić information content (AvgIpc) is 2.82. The number of benzene rings is 2. The molecule has 0 spiro atoms. The summed E-state index contributed by atoms with van der Waals surface area (Å²) in [7, 11) is 0. The molecule has 1 aliphatic heterocycles. The van der Waals surface area contributed by atoms with Gasteiger partial charge in [-0.05, 0) is 41.5 Å². The Hall–Kier alpha value is -2.10. The fourth-order valence-electron chi connectivity index (χ4n) is 2.21. The molecule has 19 heavy (non-hydrogen) atoms.